The zero-order valence-corrected chi connectivity index (χ0v) is 15.9. The highest BCUT2D eigenvalue weighted by Gasteiger charge is 2.26. The molecule has 0 atom stereocenters. The van der Waals surface area contributed by atoms with Gasteiger partial charge in [0.15, 0.2) is 11.5 Å². The van der Waals surface area contributed by atoms with E-state index in [1.165, 1.54) is 12.1 Å². The fraction of sp³-hybridized carbons (Fsp3) is 0.333. The first-order chi connectivity index (χ1) is 15.0. The Morgan fingerprint density at radius 2 is 2.16 bits per heavy atom. The highest BCUT2D eigenvalue weighted by molar-refractivity contribution is 5.94. The number of ether oxygens (including phenoxy) is 1. The number of nitrogens with zero attached hydrogens (tertiary/aromatic N) is 8. The van der Waals surface area contributed by atoms with Crippen LogP contribution in [0.15, 0.2) is 26.3 Å². The van der Waals surface area contributed by atoms with Crippen LogP contribution in [0.3, 0.4) is 0 Å². The largest absolute Gasteiger partial charge is 0.433 e. The monoisotopic (exact) mass is 432 g/mol. The van der Waals surface area contributed by atoms with Crippen LogP contribution in [0.1, 0.15) is 21.9 Å². The lowest BCUT2D eigenvalue weighted by molar-refractivity contribution is -0.402. The van der Waals surface area contributed by atoms with Gasteiger partial charge in [0.2, 0.25) is 11.6 Å². The van der Waals surface area contributed by atoms with E-state index in [2.05, 4.69) is 35.8 Å². The Morgan fingerprint density at radius 1 is 1.35 bits per heavy atom. The molecule has 1 saturated heterocycles. The summed E-state index contributed by atoms with van der Waals surface area (Å²) in [6, 6.07) is 2.51. The molecule has 0 spiro atoms. The topological polar surface area (TPSA) is 206 Å². The zero-order valence-electron chi connectivity index (χ0n) is 15.9. The molecule has 1 fully saturated rings. The molecule has 3 aromatic heterocycles. The number of hydrazone groups is 1. The minimum atomic E-state index is -0.686. The predicted molar refractivity (Wildman–Crippen MR) is 100 cm³/mol. The van der Waals surface area contributed by atoms with Gasteiger partial charge in [-0.05, 0) is 16.4 Å². The average Bonchev–Trinajstić information content (AvgIpc) is 3.48. The first kappa shape index (κ1) is 20.1. The van der Waals surface area contributed by atoms with Gasteiger partial charge in [0, 0.05) is 19.6 Å². The Morgan fingerprint density at radius 3 is 2.84 bits per heavy atom. The van der Waals surface area contributed by atoms with E-state index >= 15 is 0 Å². The van der Waals surface area contributed by atoms with Crippen LogP contribution in [0.25, 0.3) is 5.82 Å². The van der Waals surface area contributed by atoms with Gasteiger partial charge in [-0.2, -0.15) is 9.78 Å². The molecule has 0 unspecified atom stereocenters. The third-order valence-electron chi connectivity index (χ3n) is 4.28. The highest BCUT2D eigenvalue weighted by Crippen LogP contribution is 2.18. The van der Waals surface area contributed by atoms with E-state index in [1.54, 1.807) is 0 Å². The summed E-state index contributed by atoms with van der Waals surface area (Å²) in [4.78, 5) is 24.9. The predicted octanol–water partition coefficient (Wildman–Crippen LogP) is -0.670. The van der Waals surface area contributed by atoms with Crippen molar-refractivity contribution in [1.82, 2.24) is 35.6 Å². The van der Waals surface area contributed by atoms with E-state index in [-0.39, 0.29) is 23.1 Å². The van der Waals surface area contributed by atoms with Crippen molar-refractivity contribution in [2.24, 2.45) is 5.10 Å². The normalized spacial score (nSPS) is 14.8. The van der Waals surface area contributed by atoms with Gasteiger partial charge in [-0.25, -0.2) is 10.1 Å². The second-order valence-electron chi connectivity index (χ2n) is 6.29. The van der Waals surface area contributed by atoms with Crippen molar-refractivity contribution < 1.29 is 23.5 Å². The number of nitrogens with one attached hydrogen (secondary N) is 1. The number of morpholine rings is 1. The Bertz CT molecular complexity index is 1110. The second-order valence-corrected chi connectivity index (χ2v) is 6.29. The van der Waals surface area contributed by atoms with Gasteiger partial charge in [-0.1, -0.05) is 5.21 Å². The summed E-state index contributed by atoms with van der Waals surface area (Å²) in [5.41, 5.74) is 8.41. The molecule has 1 aliphatic heterocycles. The Kier molecular flexibility index (Phi) is 5.63. The zero-order chi connectivity index (χ0) is 21.8. The number of carbonyl (C=O) groups excluding carboxylic acids is 1. The van der Waals surface area contributed by atoms with Crippen LogP contribution in [0.4, 0.5) is 11.7 Å². The van der Waals surface area contributed by atoms with Gasteiger partial charge in [-0.15, -0.1) is 5.10 Å². The van der Waals surface area contributed by atoms with Crippen LogP contribution in [0.2, 0.25) is 0 Å². The molecule has 1 amide bonds. The molecule has 0 radical (unpaired) electrons. The van der Waals surface area contributed by atoms with Crippen molar-refractivity contribution in [3.8, 4) is 5.82 Å². The standard InChI is InChI=1S/C15H16N10O6/c16-13-14(21-31-20-13)24-12(10(18-22-24)8-23-3-5-29-6-4-23)15(26)19-17-7-9-1-2-11(30-9)25(27)28/h1-2,7H,3-6,8H2,(H2,16,20)(H,19,26)/b17-7+. The summed E-state index contributed by atoms with van der Waals surface area (Å²) in [5.74, 6) is -1.12. The molecule has 0 saturated carbocycles. The summed E-state index contributed by atoms with van der Waals surface area (Å²) in [6.07, 6.45) is 1.12. The van der Waals surface area contributed by atoms with E-state index in [9.17, 15) is 14.9 Å². The third-order valence-corrected chi connectivity index (χ3v) is 4.28. The number of nitro groups is 1. The van der Waals surface area contributed by atoms with Crippen molar-refractivity contribution in [3.63, 3.8) is 0 Å². The van der Waals surface area contributed by atoms with Crippen molar-refractivity contribution in [3.05, 3.63) is 39.4 Å². The third kappa shape index (κ3) is 4.38. The van der Waals surface area contributed by atoms with Gasteiger partial charge in [0.1, 0.15) is 10.6 Å². The number of rotatable bonds is 7. The Balaban J connectivity index is 1.56. The average molecular weight is 432 g/mol. The fourth-order valence-electron chi connectivity index (χ4n) is 2.82. The summed E-state index contributed by atoms with van der Waals surface area (Å²) < 4.78 is 16.0. The molecule has 3 aromatic rings. The Labute approximate surface area is 172 Å². The molecule has 1 aliphatic rings. The lowest BCUT2D eigenvalue weighted by atomic mass is 10.2. The SMILES string of the molecule is Nc1nonc1-n1nnc(CN2CCOCC2)c1C(=O)N/N=C/c1ccc([N+](=O)[O-])o1. The van der Waals surface area contributed by atoms with Crippen molar-refractivity contribution in [2.75, 3.05) is 32.0 Å². The molecule has 3 N–H and O–H groups in total. The minimum absolute atomic E-state index is 0.00323. The summed E-state index contributed by atoms with van der Waals surface area (Å²) in [6.45, 7) is 2.78. The smallest absolute Gasteiger partial charge is 0.400 e. The first-order valence-corrected chi connectivity index (χ1v) is 8.93. The summed E-state index contributed by atoms with van der Waals surface area (Å²) >= 11 is 0. The van der Waals surface area contributed by atoms with Gasteiger partial charge < -0.3 is 14.9 Å². The van der Waals surface area contributed by atoms with E-state index in [4.69, 9.17) is 14.9 Å². The lowest BCUT2D eigenvalue weighted by Crippen LogP contribution is -2.36. The second kappa shape index (κ2) is 8.67. The van der Waals surface area contributed by atoms with Crippen LogP contribution in [0, 0.1) is 10.1 Å². The molecule has 0 aromatic carbocycles. The summed E-state index contributed by atoms with van der Waals surface area (Å²) in [7, 11) is 0. The minimum Gasteiger partial charge on any atom is -0.400 e. The molecule has 16 nitrogen and oxygen atoms in total. The maximum Gasteiger partial charge on any atom is 0.433 e. The number of anilines is 1. The van der Waals surface area contributed by atoms with Crippen LogP contribution in [0.5, 0.6) is 0 Å². The Hall–Kier alpha value is -4.18. The lowest BCUT2D eigenvalue weighted by Gasteiger charge is -2.25. The fourth-order valence-corrected chi connectivity index (χ4v) is 2.82. The molecule has 4 rings (SSSR count). The van der Waals surface area contributed by atoms with Crippen LogP contribution in [-0.4, -0.2) is 73.6 Å². The van der Waals surface area contributed by atoms with Crippen LogP contribution in [-0.2, 0) is 11.3 Å². The van der Waals surface area contributed by atoms with E-state index in [0.29, 0.717) is 38.5 Å². The molecule has 162 valence electrons. The number of hydrogen-bond acceptors (Lipinski definition) is 13. The van der Waals surface area contributed by atoms with Crippen molar-refractivity contribution in [2.45, 2.75) is 6.54 Å². The highest BCUT2D eigenvalue weighted by atomic mass is 16.6. The van der Waals surface area contributed by atoms with Gasteiger partial charge in [0.25, 0.3) is 5.91 Å². The van der Waals surface area contributed by atoms with Gasteiger partial charge in [-0.3, -0.25) is 19.8 Å². The van der Waals surface area contributed by atoms with Crippen molar-refractivity contribution in [1.29, 1.82) is 0 Å². The number of nitrogens with two attached hydrogens (primary N) is 1. The van der Waals surface area contributed by atoms with E-state index in [1.807, 2.05) is 4.90 Å². The number of amides is 1. The van der Waals surface area contributed by atoms with Crippen molar-refractivity contribution >= 4 is 23.8 Å². The molecule has 4 heterocycles. The molecular weight excluding hydrogens is 416 g/mol. The molecule has 0 bridgehead atoms. The number of aromatic nitrogens is 5. The number of nitrogen functional groups attached to an aromatic ring is 1. The van der Waals surface area contributed by atoms with Crippen LogP contribution < -0.4 is 11.2 Å². The summed E-state index contributed by atoms with van der Waals surface area (Å²) in [5, 5.41) is 29.6. The molecule has 0 aliphatic carbocycles. The number of carbonyl (C=O) groups is 1. The molecular formula is C15H16N10O6. The van der Waals surface area contributed by atoms with E-state index in [0.717, 1.165) is 10.9 Å². The quantitative estimate of drug-likeness (QED) is 0.271. The maximum absolute atomic E-state index is 12.9. The van der Waals surface area contributed by atoms with Gasteiger partial charge >= 0.3 is 5.88 Å². The van der Waals surface area contributed by atoms with Gasteiger partial charge in [0.05, 0.1) is 25.5 Å². The van der Waals surface area contributed by atoms with E-state index < -0.39 is 16.7 Å². The first-order valence-electron chi connectivity index (χ1n) is 8.93. The molecule has 16 heteroatoms. The number of furan rings is 1. The number of hydrogen-bond donors (Lipinski definition) is 2. The molecule has 31 heavy (non-hydrogen) atoms. The van der Waals surface area contributed by atoms with Crippen LogP contribution >= 0.6 is 0 Å². The maximum atomic E-state index is 12.9.